The predicted octanol–water partition coefficient (Wildman–Crippen LogP) is 2.75. The normalized spacial score (nSPS) is 19.7. The number of nitrogens with zero attached hydrogens (tertiary/aromatic N) is 1. The minimum absolute atomic E-state index is 0. The molecule has 0 bridgehead atoms. The molecule has 0 amide bonds. The summed E-state index contributed by atoms with van der Waals surface area (Å²) in [5.74, 6) is 0.482. The lowest BCUT2D eigenvalue weighted by molar-refractivity contribution is 0.602. The van der Waals surface area contributed by atoms with E-state index in [4.69, 9.17) is 5.73 Å². The highest BCUT2D eigenvalue weighted by Crippen LogP contribution is 2.38. The van der Waals surface area contributed by atoms with Crippen molar-refractivity contribution < 1.29 is 8.42 Å². The van der Waals surface area contributed by atoms with Crippen LogP contribution in [0.2, 0.25) is 0 Å². The molecule has 1 saturated carbocycles. The van der Waals surface area contributed by atoms with Crippen LogP contribution < -0.4 is 10.5 Å². The molecule has 0 aliphatic heterocycles. The average molecular weight is 354 g/mol. The molecule has 23 heavy (non-hydrogen) atoms. The van der Waals surface area contributed by atoms with E-state index >= 15 is 0 Å². The van der Waals surface area contributed by atoms with Crippen LogP contribution >= 0.6 is 12.4 Å². The molecule has 1 aromatic heterocycles. The maximum atomic E-state index is 11.6. The third kappa shape index (κ3) is 4.22. The molecule has 1 aliphatic rings. The zero-order valence-electron chi connectivity index (χ0n) is 12.8. The van der Waals surface area contributed by atoms with E-state index in [0.717, 1.165) is 17.7 Å². The Hall–Kier alpha value is -1.63. The fourth-order valence-electron chi connectivity index (χ4n) is 2.39. The average Bonchev–Trinajstić information content (AvgIpc) is 3.24. The zero-order chi connectivity index (χ0) is 15.7. The highest BCUT2D eigenvalue weighted by Gasteiger charge is 2.34. The third-order valence-electron chi connectivity index (χ3n) is 3.87. The number of benzene rings is 1. The summed E-state index contributed by atoms with van der Waals surface area (Å²) in [4.78, 5) is 4.47. The highest BCUT2D eigenvalue weighted by molar-refractivity contribution is 7.92. The van der Waals surface area contributed by atoms with Gasteiger partial charge < -0.3 is 5.73 Å². The minimum Gasteiger partial charge on any atom is -0.327 e. The molecular formula is C16H20ClN3O2S. The van der Waals surface area contributed by atoms with Crippen molar-refractivity contribution in [1.29, 1.82) is 0 Å². The van der Waals surface area contributed by atoms with E-state index < -0.39 is 10.0 Å². The van der Waals surface area contributed by atoms with E-state index in [1.54, 1.807) is 19.1 Å². The lowest BCUT2D eigenvalue weighted by Gasteiger charge is -2.08. The Morgan fingerprint density at radius 3 is 2.61 bits per heavy atom. The van der Waals surface area contributed by atoms with Crippen molar-refractivity contribution in [2.45, 2.75) is 25.3 Å². The van der Waals surface area contributed by atoms with Crippen LogP contribution in [0.25, 0.3) is 11.3 Å². The Balaban J connectivity index is 0.00000192. The molecule has 1 aliphatic carbocycles. The highest BCUT2D eigenvalue weighted by atomic mass is 35.5. The van der Waals surface area contributed by atoms with Gasteiger partial charge in [-0.15, -0.1) is 12.4 Å². The molecule has 1 aromatic carbocycles. The van der Waals surface area contributed by atoms with E-state index in [1.165, 1.54) is 5.56 Å². The molecule has 2 aromatic rings. The number of hydrogen-bond acceptors (Lipinski definition) is 4. The van der Waals surface area contributed by atoms with Gasteiger partial charge in [-0.25, -0.2) is 8.42 Å². The van der Waals surface area contributed by atoms with Crippen LogP contribution in [-0.2, 0) is 10.0 Å². The maximum absolute atomic E-state index is 11.6. The summed E-state index contributed by atoms with van der Waals surface area (Å²) in [5, 5.41) is 0. The first-order chi connectivity index (χ1) is 10.5. The van der Waals surface area contributed by atoms with Crippen molar-refractivity contribution in [2.75, 3.05) is 10.5 Å². The molecule has 5 nitrogen and oxygen atoms in total. The Labute approximate surface area is 142 Å². The van der Waals surface area contributed by atoms with Crippen LogP contribution in [0.1, 0.15) is 24.8 Å². The molecule has 1 fully saturated rings. The van der Waals surface area contributed by atoms with Gasteiger partial charge in [0.25, 0.3) is 0 Å². The Bertz CT molecular complexity index is 778. The Kier molecular flexibility index (Phi) is 5.29. The summed E-state index contributed by atoms with van der Waals surface area (Å²) in [6, 6.07) is 11.5. The summed E-state index contributed by atoms with van der Waals surface area (Å²) in [7, 11) is -3.27. The molecule has 0 saturated heterocycles. The van der Waals surface area contributed by atoms with Crippen LogP contribution in [0.5, 0.6) is 0 Å². The largest absolute Gasteiger partial charge is 0.327 e. The van der Waals surface area contributed by atoms with E-state index in [2.05, 4.69) is 9.71 Å². The Morgan fingerprint density at radius 1 is 1.30 bits per heavy atom. The number of nitrogens with two attached hydrogens (primary N) is 1. The number of hydrogen-bond donors (Lipinski definition) is 2. The topological polar surface area (TPSA) is 85.1 Å². The van der Waals surface area contributed by atoms with Crippen LogP contribution in [0.15, 0.2) is 42.6 Å². The summed E-state index contributed by atoms with van der Waals surface area (Å²) < 4.78 is 25.8. The lowest BCUT2D eigenvalue weighted by Crippen LogP contribution is -2.14. The number of rotatable bonds is 5. The van der Waals surface area contributed by atoms with E-state index in [1.807, 2.05) is 30.5 Å². The third-order valence-corrected chi connectivity index (χ3v) is 5.17. The second kappa shape index (κ2) is 6.86. The van der Waals surface area contributed by atoms with Gasteiger partial charge >= 0.3 is 0 Å². The molecule has 2 atom stereocenters. The fraction of sp³-hybridized carbons (Fsp3) is 0.312. The molecule has 3 rings (SSSR count). The number of pyridine rings is 1. The first kappa shape index (κ1) is 17.7. The van der Waals surface area contributed by atoms with Crippen molar-refractivity contribution in [1.82, 2.24) is 4.98 Å². The van der Waals surface area contributed by atoms with Gasteiger partial charge in [0.15, 0.2) is 0 Å². The van der Waals surface area contributed by atoms with E-state index in [-0.39, 0.29) is 24.2 Å². The quantitative estimate of drug-likeness (QED) is 0.865. The molecule has 2 unspecified atom stereocenters. The van der Waals surface area contributed by atoms with E-state index in [9.17, 15) is 8.42 Å². The van der Waals surface area contributed by atoms with Gasteiger partial charge in [-0.05, 0) is 37.1 Å². The van der Waals surface area contributed by atoms with Gasteiger partial charge in [-0.3, -0.25) is 9.71 Å². The molecule has 3 N–H and O–H groups in total. The van der Waals surface area contributed by atoms with Gasteiger partial charge in [0.05, 0.1) is 11.4 Å². The van der Waals surface area contributed by atoms with Crippen molar-refractivity contribution >= 4 is 28.1 Å². The first-order valence-electron chi connectivity index (χ1n) is 7.31. The monoisotopic (exact) mass is 353 g/mol. The van der Waals surface area contributed by atoms with Gasteiger partial charge in [-0.2, -0.15) is 0 Å². The van der Waals surface area contributed by atoms with Crippen molar-refractivity contribution in [2.24, 2.45) is 5.73 Å². The summed E-state index contributed by atoms with van der Waals surface area (Å²) in [6.45, 7) is 1.61. The Morgan fingerprint density at radius 2 is 2.04 bits per heavy atom. The summed E-state index contributed by atoms with van der Waals surface area (Å²) >= 11 is 0. The van der Waals surface area contributed by atoms with Gasteiger partial charge in [-0.1, -0.05) is 18.2 Å². The number of halogens is 1. The second-order valence-corrected chi connectivity index (χ2v) is 7.58. The fourth-order valence-corrected chi connectivity index (χ4v) is 3.02. The van der Waals surface area contributed by atoms with Crippen molar-refractivity contribution in [3.05, 3.63) is 48.2 Å². The smallest absolute Gasteiger partial charge is 0.232 e. The zero-order valence-corrected chi connectivity index (χ0v) is 14.4. The number of aromatic nitrogens is 1. The van der Waals surface area contributed by atoms with Crippen molar-refractivity contribution in [3.8, 4) is 11.3 Å². The van der Waals surface area contributed by atoms with Crippen LogP contribution in [0.3, 0.4) is 0 Å². The minimum atomic E-state index is -3.27. The summed E-state index contributed by atoms with van der Waals surface area (Å²) in [5.41, 5.74) is 9.26. The van der Waals surface area contributed by atoms with E-state index in [0.29, 0.717) is 11.6 Å². The standard InChI is InChI=1S/C16H19N3O2S.ClH/c1-2-22(20,21)19-13-5-3-4-11(8-13)16-7-6-12(10-18-16)14-9-15(14)17;/h3-8,10,14-15,19H,2,9,17H2,1H3;1H. The molecule has 1 heterocycles. The second-order valence-electron chi connectivity index (χ2n) is 5.57. The first-order valence-corrected chi connectivity index (χ1v) is 8.96. The molecule has 7 heteroatoms. The van der Waals surface area contributed by atoms with Gasteiger partial charge in [0.2, 0.25) is 10.0 Å². The molecule has 0 spiro atoms. The SMILES string of the molecule is CCS(=O)(=O)Nc1cccc(-c2ccc(C3CC3N)cn2)c1.Cl. The van der Waals surface area contributed by atoms with Crippen LogP contribution in [0.4, 0.5) is 5.69 Å². The van der Waals surface area contributed by atoms with Crippen molar-refractivity contribution in [3.63, 3.8) is 0 Å². The van der Waals surface area contributed by atoms with Gasteiger partial charge in [0, 0.05) is 29.4 Å². The number of nitrogens with one attached hydrogen (secondary N) is 1. The molecule has 124 valence electrons. The van der Waals surface area contributed by atoms with Gasteiger partial charge in [0.1, 0.15) is 0 Å². The molecular weight excluding hydrogens is 334 g/mol. The number of sulfonamides is 1. The van der Waals surface area contributed by atoms with Crippen LogP contribution in [0, 0.1) is 0 Å². The number of anilines is 1. The lowest BCUT2D eigenvalue weighted by atomic mass is 10.1. The maximum Gasteiger partial charge on any atom is 0.232 e. The predicted molar refractivity (Wildman–Crippen MR) is 95.3 cm³/mol. The summed E-state index contributed by atoms with van der Waals surface area (Å²) in [6.07, 6.45) is 2.88. The molecule has 0 radical (unpaired) electrons. The van der Waals surface area contributed by atoms with Crippen LogP contribution in [-0.4, -0.2) is 25.2 Å².